The van der Waals surface area contributed by atoms with Crippen LogP contribution in [-0.2, 0) is 6.54 Å². The van der Waals surface area contributed by atoms with Crippen LogP contribution in [0.1, 0.15) is 29.8 Å². The van der Waals surface area contributed by atoms with Gasteiger partial charge in [0.25, 0.3) is 5.91 Å². The number of nitrogens with zero attached hydrogens (tertiary/aromatic N) is 3. The summed E-state index contributed by atoms with van der Waals surface area (Å²) in [5.41, 5.74) is 2.64. The molecule has 3 atom stereocenters. The number of aliphatic hydroxyl groups excluding tert-OH is 1. The average molecular weight is 518 g/mol. The van der Waals surface area contributed by atoms with E-state index in [1.165, 1.54) is 5.56 Å². The molecule has 38 heavy (non-hydrogen) atoms. The molecular formula is C31H39N3O4. The van der Waals surface area contributed by atoms with Gasteiger partial charge in [-0.2, -0.15) is 0 Å². The number of rotatable bonds is 9. The Labute approximate surface area is 226 Å². The minimum atomic E-state index is -0.283. The molecule has 1 amide bonds. The summed E-state index contributed by atoms with van der Waals surface area (Å²) in [7, 11) is 5.98. The zero-order valence-corrected chi connectivity index (χ0v) is 23.0. The summed E-state index contributed by atoms with van der Waals surface area (Å²) >= 11 is 0. The number of carbonyl (C=O) groups is 1. The van der Waals surface area contributed by atoms with E-state index >= 15 is 0 Å². The maximum atomic E-state index is 13.5. The molecule has 4 rings (SSSR count). The van der Waals surface area contributed by atoms with Crippen LogP contribution in [0, 0.1) is 5.92 Å². The van der Waals surface area contributed by atoms with Crippen molar-refractivity contribution in [3.63, 3.8) is 0 Å². The van der Waals surface area contributed by atoms with Gasteiger partial charge in [0.2, 0.25) is 0 Å². The minimum Gasteiger partial charge on any atom is -0.488 e. The molecule has 7 nitrogen and oxygen atoms in total. The van der Waals surface area contributed by atoms with Gasteiger partial charge in [-0.25, -0.2) is 0 Å². The van der Waals surface area contributed by atoms with Crippen molar-refractivity contribution in [3.05, 3.63) is 83.9 Å². The van der Waals surface area contributed by atoms with Gasteiger partial charge >= 0.3 is 0 Å². The second-order valence-corrected chi connectivity index (χ2v) is 10.5. The molecule has 3 aromatic carbocycles. The summed E-state index contributed by atoms with van der Waals surface area (Å²) in [6.07, 6.45) is -0.133. The number of aliphatic hydroxyl groups is 1. The van der Waals surface area contributed by atoms with Crippen LogP contribution < -0.4 is 14.4 Å². The second-order valence-electron chi connectivity index (χ2n) is 10.5. The molecule has 0 fully saturated rings. The summed E-state index contributed by atoms with van der Waals surface area (Å²) in [4.78, 5) is 19.5. The molecule has 202 valence electrons. The summed E-state index contributed by atoms with van der Waals surface area (Å²) in [5.74, 6) is 2.16. The number of benzene rings is 3. The van der Waals surface area contributed by atoms with E-state index < -0.39 is 0 Å². The van der Waals surface area contributed by atoms with Crippen molar-refractivity contribution < 1.29 is 19.4 Å². The number of hydrogen-bond donors (Lipinski definition) is 1. The molecule has 3 aromatic rings. The molecule has 0 aromatic heterocycles. The van der Waals surface area contributed by atoms with Crippen molar-refractivity contribution in [1.82, 2.24) is 9.80 Å². The van der Waals surface area contributed by atoms with E-state index in [4.69, 9.17) is 9.47 Å². The van der Waals surface area contributed by atoms with Crippen molar-refractivity contribution in [2.45, 2.75) is 32.5 Å². The number of carbonyl (C=O) groups excluding carboxylic acids is 1. The molecule has 0 bridgehead atoms. The average Bonchev–Trinajstić information content (AvgIpc) is 2.91. The predicted octanol–water partition coefficient (Wildman–Crippen LogP) is 4.90. The molecule has 0 saturated carbocycles. The van der Waals surface area contributed by atoms with Gasteiger partial charge in [0.1, 0.15) is 23.4 Å². The lowest BCUT2D eigenvalue weighted by atomic mass is 9.99. The zero-order valence-electron chi connectivity index (χ0n) is 23.0. The van der Waals surface area contributed by atoms with Crippen LogP contribution in [0.15, 0.2) is 72.8 Å². The van der Waals surface area contributed by atoms with Crippen LogP contribution in [0.3, 0.4) is 0 Å². The highest BCUT2D eigenvalue weighted by molar-refractivity contribution is 5.98. The number of fused-ring (bicyclic) bond motifs is 1. The highest BCUT2D eigenvalue weighted by atomic mass is 16.5. The topological polar surface area (TPSA) is 65.5 Å². The standard InChI is InChI=1S/C31H39N3O4/c1-22-18-34(23(2)21-35)31(36)28-17-25(32(3)4)13-16-29(28)38-30(22)20-33(5)19-24-11-14-27(15-12-24)37-26-9-7-6-8-10-26/h6-17,22-23,30,35H,18-21H2,1-5H3/t22-,23+,30-/m1/s1. The molecule has 1 N–H and O–H groups in total. The normalized spacial score (nSPS) is 18.3. The molecule has 1 aliphatic rings. The summed E-state index contributed by atoms with van der Waals surface area (Å²) < 4.78 is 12.4. The Morgan fingerprint density at radius 2 is 1.71 bits per heavy atom. The van der Waals surface area contributed by atoms with Crippen LogP contribution in [-0.4, -0.2) is 73.8 Å². The first-order valence-corrected chi connectivity index (χ1v) is 13.2. The third kappa shape index (κ3) is 6.65. The molecule has 0 aliphatic carbocycles. The SMILES string of the molecule is C[C@@H]1CN([C@@H](C)CO)C(=O)c2cc(N(C)C)ccc2O[C@@H]1CN(C)Cc1ccc(Oc2ccccc2)cc1. The Kier molecular flexibility index (Phi) is 8.92. The first-order chi connectivity index (χ1) is 18.2. The number of anilines is 1. The summed E-state index contributed by atoms with van der Waals surface area (Å²) in [5, 5.41) is 9.87. The van der Waals surface area contributed by atoms with Crippen LogP contribution >= 0.6 is 0 Å². The largest absolute Gasteiger partial charge is 0.488 e. The Balaban J connectivity index is 1.49. The van der Waals surface area contributed by atoms with Gasteiger partial charge in [-0.05, 0) is 62.0 Å². The van der Waals surface area contributed by atoms with Crippen molar-refractivity contribution >= 4 is 11.6 Å². The lowest BCUT2D eigenvalue weighted by Gasteiger charge is -2.38. The number of para-hydroxylation sites is 1. The minimum absolute atomic E-state index is 0.0683. The van der Waals surface area contributed by atoms with Crippen LogP contribution in [0.25, 0.3) is 0 Å². The van der Waals surface area contributed by atoms with E-state index in [0.717, 1.165) is 23.7 Å². The molecule has 0 spiro atoms. The molecule has 1 heterocycles. The summed E-state index contributed by atoms with van der Waals surface area (Å²) in [6, 6.07) is 23.4. The Bertz CT molecular complexity index is 1200. The fourth-order valence-corrected chi connectivity index (χ4v) is 4.68. The molecule has 0 unspecified atom stereocenters. The number of likely N-dealkylation sites (N-methyl/N-ethyl adjacent to an activating group) is 1. The highest BCUT2D eigenvalue weighted by Gasteiger charge is 2.33. The van der Waals surface area contributed by atoms with E-state index in [-0.39, 0.29) is 30.6 Å². The first-order valence-electron chi connectivity index (χ1n) is 13.2. The molecular weight excluding hydrogens is 478 g/mol. The van der Waals surface area contributed by atoms with Crippen LogP contribution in [0.4, 0.5) is 5.69 Å². The Hall–Kier alpha value is -3.55. The van der Waals surface area contributed by atoms with Gasteiger partial charge in [0, 0.05) is 45.3 Å². The third-order valence-corrected chi connectivity index (χ3v) is 7.01. The highest BCUT2D eigenvalue weighted by Crippen LogP contribution is 2.31. The first kappa shape index (κ1) is 27.5. The van der Waals surface area contributed by atoms with Gasteiger partial charge in [-0.1, -0.05) is 37.3 Å². The van der Waals surface area contributed by atoms with E-state index in [9.17, 15) is 9.90 Å². The summed E-state index contributed by atoms with van der Waals surface area (Å²) in [6.45, 7) is 5.85. The fourth-order valence-electron chi connectivity index (χ4n) is 4.68. The number of amides is 1. The van der Waals surface area contributed by atoms with Crippen molar-refractivity contribution in [2.75, 3.05) is 45.7 Å². The molecule has 1 aliphatic heterocycles. The van der Waals surface area contributed by atoms with E-state index in [1.54, 1.807) is 4.90 Å². The Morgan fingerprint density at radius 1 is 1.03 bits per heavy atom. The monoisotopic (exact) mass is 517 g/mol. The number of hydrogen-bond acceptors (Lipinski definition) is 6. The van der Waals surface area contributed by atoms with Crippen molar-refractivity contribution in [3.8, 4) is 17.2 Å². The number of ether oxygens (including phenoxy) is 2. The Morgan fingerprint density at radius 3 is 2.37 bits per heavy atom. The quantitative estimate of drug-likeness (QED) is 0.436. The lowest BCUT2D eigenvalue weighted by molar-refractivity contribution is 0.0341. The zero-order chi connectivity index (χ0) is 27.2. The van der Waals surface area contributed by atoms with Gasteiger partial charge in [-0.3, -0.25) is 9.69 Å². The van der Waals surface area contributed by atoms with Gasteiger partial charge < -0.3 is 24.4 Å². The van der Waals surface area contributed by atoms with Gasteiger partial charge in [0.05, 0.1) is 18.2 Å². The maximum absolute atomic E-state index is 13.5. The molecule has 0 saturated heterocycles. The second kappa shape index (κ2) is 12.3. The van der Waals surface area contributed by atoms with Crippen LogP contribution in [0.2, 0.25) is 0 Å². The van der Waals surface area contributed by atoms with Crippen molar-refractivity contribution in [2.24, 2.45) is 5.92 Å². The molecule has 7 heteroatoms. The smallest absolute Gasteiger partial charge is 0.258 e. The lowest BCUT2D eigenvalue weighted by Crippen LogP contribution is -2.49. The van der Waals surface area contributed by atoms with E-state index in [0.29, 0.717) is 24.4 Å². The van der Waals surface area contributed by atoms with E-state index in [2.05, 4.69) is 31.0 Å². The molecule has 0 radical (unpaired) electrons. The van der Waals surface area contributed by atoms with Gasteiger partial charge in [-0.15, -0.1) is 0 Å². The maximum Gasteiger partial charge on any atom is 0.258 e. The predicted molar refractivity (Wildman–Crippen MR) is 151 cm³/mol. The third-order valence-electron chi connectivity index (χ3n) is 7.01. The van der Waals surface area contributed by atoms with Gasteiger partial charge in [0.15, 0.2) is 0 Å². The van der Waals surface area contributed by atoms with E-state index in [1.807, 2.05) is 86.6 Å². The van der Waals surface area contributed by atoms with Crippen LogP contribution in [0.5, 0.6) is 17.2 Å². The van der Waals surface area contributed by atoms with Crippen molar-refractivity contribution in [1.29, 1.82) is 0 Å². The fraction of sp³-hybridized carbons (Fsp3) is 0.387.